The fourth-order valence-corrected chi connectivity index (χ4v) is 4.23. The number of ketones is 1. The first-order valence-electron chi connectivity index (χ1n) is 7.86. The third kappa shape index (κ3) is 2.64. The van der Waals surface area contributed by atoms with Crippen molar-refractivity contribution in [2.24, 2.45) is 5.92 Å². The van der Waals surface area contributed by atoms with Crippen molar-refractivity contribution in [1.82, 2.24) is 4.90 Å². The second kappa shape index (κ2) is 5.16. The lowest BCUT2D eigenvalue weighted by Crippen LogP contribution is -2.53. The predicted octanol–water partition coefficient (Wildman–Crippen LogP) is 2.14. The van der Waals surface area contributed by atoms with Gasteiger partial charge in [-0.15, -0.1) is 0 Å². The predicted molar refractivity (Wildman–Crippen MR) is 71.2 cm³/mol. The van der Waals surface area contributed by atoms with Gasteiger partial charge in [0.25, 0.3) is 11.8 Å². The lowest BCUT2D eigenvalue weighted by Gasteiger charge is -2.37. The molecule has 1 aliphatic heterocycles. The van der Waals surface area contributed by atoms with E-state index in [4.69, 9.17) is 0 Å². The largest absolute Gasteiger partial charge is 0.384 e. The summed E-state index contributed by atoms with van der Waals surface area (Å²) in [4.78, 5) is 25.2. The molecule has 1 saturated heterocycles. The summed E-state index contributed by atoms with van der Waals surface area (Å²) in [5.74, 6) is -8.81. The van der Waals surface area contributed by atoms with Crippen molar-refractivity contribution in [2.75, 3.05) is 6.54 Å². The van der Waals surface area contributed by atoms with Crippen molar-refractivity contribution in [3.63, 3.8) is 0 Å². The number of rotatable bonds is 3. The Bertz CT molecular complexity index is 523. The van der Waals surface area contributed by atoms with Gasteiger partial charge in [-0.2, -0.15) is 0 Å². The Kier molecular flexibility index (Phi) is 3.74. The van der Waals surface area contributed by atoms with Crippen molar-refractivity contribution in [3.05, 3.63) is 0 Å². The van der Waals surface area contributed by atoms with Crippen LogP contribution in [-0.4, -0.2) is 51.7 Å². The van der Waals surface area contributed by atoms with Crippen LogP contribution in [0.15, 0.2) is 0 Å². The maximum atomic E-state index is 13.9. The molecule has 1 amide bonds. The number of likely N-dealkylation sites (tertiary alicyclic amines) is 1. The van der Waals surface area contributed by atoms with Crippen LogP contribution < -0.4 is 0 Å². The Balaban J connectivity index is 1.72. The zero-order valence-corrected chi connectivity index (χ0v) is 12.5. The van der Waals surface area contributed by atoms with E-state index in [2.05, 4.69) is 0 Å². The van der Waals surface area contributed by atoms with Crippen LogP contribution in [0.3, 0.4) is 0 Å². The molecule has 130 valence electrons. The molecule has 0 aromatic rings. The molecule has 3 rings (SSSR count). The average Bonchev–Trinajstić information content (AvgIpc) is 2.97. The zero-order valence-electron chi connectivity index (χ0n) is 12.5. The molecule has 1 heterocycles. The highest BCUT2D eigenvalue weighted by molar-refractivity contribution is 6.36. The first-order valence-corrected chi connectivity index (χ1v) is 7.86. The lowest BCUT2D eigenvalue weighted by atomic mass is 9.78. The topological polar surface area (TPSA) is 57.6 Å². The Morgan fingerprint density at radius 1 is 1.09 bits per heavy atom. The molecular weight excluding hydrogens is 318 g/mol. The summed E-state index contributed by atoms with van der Waals surface area (Å²) in [6.45, 7) is -0.987. The monoisotopic (exact) mass is 337 g/mol. The summed E-state index contributed by atoms with van der Waals surface area (Å²) in [6.07, 6.45) is -1.58. The van der Waals surface area contributed by atoms with E-state index in [1.807, 2.05) is 0 Å². The summed E-state index contributed by atoms with van der Waals surface area (Å²) >= 11 is 0. The van der Waals surface area contributed by atoms with Gasteiger partial charge in [0.05, 0.1) is 12.1 Å². The maximum Gasteiger partial charge on any atom is 0.292 e. The molecule has 1 spiro atoms. The van der Waals surface area contributed by atoms with Crippen molar-refractivity contribution in [1.29, 1.82) is 0 Å². The summed E-state index contributed by atoms with van der Waals surface area (Å²) < 4.78 is 53.4. The molecular formula is C15H19F4NO3. The number of carbonyl (C=O) groups excluding carboxylic acids is 2. The molecule has 3 aliphatic rings. The van der Waals surface area contributed by atoms with Gasteiger partial charge in [0.15, 0.2) is 0 Å². The highest BCUT2D eigenvalue weighted by atomic mass is 19.3. The van der Waals surface area contributed by atoms with Gasteiger partial charge < -0.3 is 10.0 Å². The molecule has 23 heavy (non-hydrogen) atoms. The number of hydrogen-bond donors (Lipinski definition) is 1. The van der Waals surface area contributed by atoms with Gasteiger partial charge >= 0.3 is 0 Å². The number of hydrogen-bond acceptors (Lipinski definition) is 3. The molecule has 1 atom stereocenters. The Morgan fingerprint density at radius 3 is 2.17 bits per heavy atom. The highest BCUT2D eigenvalue weighted by Gasteiger charge is 2.65. The van der Waals surface area contributed by atoms with Crippen molar-refractivity contribution < 1.29 is 32.3 Å². The number of amides is 1. The SMILES string of the molecule is O=C(CC1CC(F)(F)C1)C(=O)N1CC(F)(F)C(O)C12CCCC2. The minimum absolute atomic E-state index is 0.226. The number of nitrogens with zero attached hydrogens (tertiary/aromatic N) is 1. The smallest absolute Gasteiger partial charge is 0.292 e. The van der Waals surface area contributed by atoms with Crippen LogP contribution in [0.2, 0.25) is 0 Å². The second-order valence-corrected chi connectivity index (χ2v) is 7.12. The number of halogens is 4. The summed E-state index contributed by atoms with van der Waals surface area (Å²) in [6, 6.07) is 0. The van der Waals surface area contributed by atoms with Crippen LogP contribution >= 0.6 is 0 Å². The van der Waals surface area contributed by atoms with Crippen LogP contribution in [0, 0.1) is 5.92 Å². The molecule has 2 saturated carbocycles. The van der Waals surface area contributed by atoms with Crippen molar-refractivity contribution in [3.8, 4) is 0 Å². The van der Waals surface area contributed by atoms with Crippen molar-refractivity contribution >= 4 is 11.7 Å². The Morgan fingerprint density at radius 2 is 1.65 bits per heavy atom. The van der Waals surface area contributed by atoms with Crippen LogP contribution in [0.4, 0.5) is 17.6 Å². The standard InChI is InChI=1S/C15H19F4NO3/c16-14(17)6-9(7-14)5-10(21)11(22)20-8-15(18,19)12(23)13(20)3-1-2-4-13/h9,12,23H,1-8H2. The van der Waals surface area contributed by atoms with Crippen LogP contribution in [0.25, 0.3) is 0 Å². The van der Waals surface area contributed by atoms with Gasteiger partial charge in [-0.3, -0.25) is 9.59 Å². The van der Waals surface area contributed by atoms with E-state index in [0.29, 0.717) is 12.8 Å². The van der Waals surface area contributed by atoms with E-state index in [1.54, 1.807) is 0 Å². The molecule has 8 heteroatoms. The molecule has 4 nitrogen and oxygen atoms in total. The van der Waals surface area contributed by atoms with E-state index >= 15 is 0 Å². The van der Waals surface area contributed by atoms with Gasteiger partial charge in [-0.1, -0.05) is 12.8 Å². The van der Waals surface area contributed by atoms with E-state index in [0.717, 1.165) is 4.90 Å². The Hall–Kier alpha value is -1.18. The number of aliphatic hydroxyl groups excluding tert-OH is 1. The number of carbonyl (C=O) groups is 2. The van der Waals surface area contributed by atoms with Crippen LogP contribution in [-0.2, 0) is 9.59 Å². The minimum Gasteiger partial charge on any atom is -0.384 e. The highest BCUT2D eigenvalue weighted by Crippen LogP contribution is 2.49. The number of aliphatic hydroxyl groups is 1. The fraction of sp³-hybridized carbons (Fsp3) is 0.867. The van der Waals surface area contributed by atoms with E-state index < -0.39 is 60.5 Å². The summed E-state index contributed by atoms with van der Waals surface area (Å²) in [7, 11) is 0. The van der Waals surface area contributed by atoms with Gasteiger partial charge in [-0.25, -0.2) is 17.6 Å². The lowest BCUT2D eigenvalue weighted by molar-refractivity contribution is -0.153. The Labute approximate surface area is 130 Å². The molecule has 3 fully saturated rings. The molecule has 1 N–H and O–H groups in total. The molecule has 2 aliphatic carbocycles. The second-order valence-electron chi connectivity index (χ2n) is 7.12. The van der Waals surface area contributed by atoms with Gasteiger partial charge in [0.2, 0.25) is 11.7 Å². The van der Waals surface area contributed by atoms with Gasteiger partial charge in [-0.05, 0) is 18.8 Å². The van der Waals surface area contributed by atoms with Crippen LogP contribution in [0.1, 0.15) is 44.9 Å². The van der Waals surface area contributed by atoms with E-state index in [9.17, 15) is 32.3 Å². The zero-order chi connectivity index (χ0) is 17.0. The molecule has 0 aromatic heterocycles. The number of Topliss-reactive ketones (excluding diaryl/α,β-unsaturated/α-hetero) is 1. The van der Waals surface area contributed by atoms with Crippen LogP contribution in [0.5, 0.6) is 0 Å². The van der Waals surface area contributed by atoms with Gasteiger partial charge in [0, 0.05) is 19.3 Å². The first-order chi connectivity index (χ1) is 10.6. The van der Waals surface area contributed by atoms with Gasteiger partial charge in [0.1, 0.15) is 6.10 Å². The van der Waals surface area contributed by atoms with E-state index in [1.165, 1.54) is 0 Å². The number of alkyl halides is 4. The summed E-state index contributed by atoms with van der Waals surface area (Å²) in [5, 5.41) is 9.96. The normalized spacial score (nSPS) is 31.3. The average molecular weight is 337 g/mol. The van der Waals surface area contributed by atoms with Crippen molar-refractivity contribution in [2.45, 2.75) is 68.4 Å². The molecule has 0 aromatic carbocycles. The third-order valence-electron chi connectivity index (χ3n) is 5.42. The molecule has 0 radical (unpaired) electrons. The van der Waals surface area contributed by atoms with E-state index in [-0.39, 0.29) is 19.3 Å². The minimum atomic E-state index is -3.45. The quantitative estimate of drug-likeness (QED) is 0.634. The molecule has 1 unspecified atom stereocenters. The summed E-state index contributed by atoms with van der Waals surface area (Å²) in [5.41, 5.74) is -1.39. The first kappa shape index (κ1) is 16.7. The maximum absolute atomic E-state index is 13.9. The fourth-order valence-electron chi connectivity index (χ4n) is 4.23. The molecule has 0 bridgehead atoms. The third-order valence-corrected chi connectivity index (χ3v) is 5.42.